The van der Waals surface area contributed by atoms with Gasteiger partial charge in [0.15, 0.2) is 0 Å². The Kier molecular flexibility index (Phi) is 5.54. The van der Waals surface area contributed by atoms with Gasteiger partial charge in [0, 0.05) is 25.2 Å². The number of aryl methyl sites for hydroxylation is 3. The third-order valence-corrected chi connectivity index (χ3v) is 3.82. The van der Waals surface area contributed by atoms with Gasteiger partial charge in [-0.1, -0.05) is 0 Å². The number of hydrogen-bond acceptors (Lipinski definition) is 4. The first kappa shape index (κ1) is 16.5. The van der Waals surface area contributed by atoms with Crippen LogP contribution in [0.3, 0.4) is 0 Å². The van der Waals surface area contributed by atoms with Gasteiger partial charge in [-0.05, 0) is 26.3 Å². The summed E-state index contributed by atoms with van der Waals surface area (Å²) in [5.74, 6) is -0.910. The average molecular weight is 309 g/mol. The maximum Gasteiger partial charge on any atom is 0.305 e. The van der Waals surface area contributed by atoms with Gasteiger partial charge < -0.3 is 14.7 Å². The Bertz CT molecular complexity index is 541. The lowest BCUT2D eigenvalue weighted by Gasteiger charge is -2.35. The number of carbonyl (C=O) groups excluding carboxylic acids is 1. The number of carboxylic acids is 1. The fraction of sp³-hybridized carbons (Fsp3) is 0.667. The topological polar surface area (TPSA) is 84.7 Å². The number of carboxylic acid groups (broad SMARTS) is 1. The van der Waals surface area contributed by atoms with Gasteiger partial charge in [0.05, 0.1) is 31.4 Å². The Hall–Kier alpha value is -1.89. The van der Waals surface area contributed by atoms with Gasteiger partial charge in [-0.15, -0.1) is 0 Å². The maximum atomic E-state index is 12.3. The number of aliphatic carboxylic acids is 1. The first-order valence-corrected chi connectivity index (χ1v) is 7.57. The Morgan fingerprint density at radius 3 is 2.86 bits per heavy atom. The number of morpholine rings is 1. The average Bonchev–Trinajstić information content (AvgIpc) is 2.77. The van der Waals surface area contributed by atoms with Gasteiger partial charge in [0.2, 0.25) is 5.91 Å². The fourth-order valence-corrected chi connectivity index (χ4v) is 2.78. The Balaban J connectivity index is 1.84. The standard InChI is InChI=1S/C15H23N3O4/c1-11-8-12(2)18(16-11)5-3-4-14(19)17-6-7-22-10-13(17)9-15(20)21/h8,13H,3-7,9-10H2,1-2H3,(H,20,21). The molecule has 0 aliphatic carbocycles. The molecule has 1 aromatic rings. The number of aromatic nitrogens is 2. The summed E-state index contributed by atoms with van der Waals surface area (Å²) >= 11 is 0. The van der Waals surface area contributed by atoms with Crippen molar-refractivity contribution in [1.82, 2.24) is 14.7 Å². The van der Waals surface area contributed by atoms with E-state index in [9.17, 15) is 9.59 Å². The number of amides is 1. The molecule has 0 radical (unpaired) electrons. The predicted octanol–water partition coefficient (Wildman–Crippen LogP) is 0.982. The summed E-state index contributed by atoms with van der Waals surface area (Å²) in [6.45, 7) is 5.87. The molecule has 7 heteroatoms. The monoisotopic (exact) mass is 309 g/mol. The lowest BCUT2D eigenvalue weighted by atomic mass is 10.1. The molecule has 1 saturated heterocycles. The second kappa shape index (κ2) is 7.40. The summed E-state index contributed by atoms with van der Waals surface area (Å²) in [6, 6.07) is 1.65. The highest BCUT2D eigenvalue weighted by Gasteiger charge is 2.28. The minimum Gasteiger partial charge on any atom is -0.481 e. The number of rotatable bonds is 6. The van der Waals surface area contributed by atoms with Gasteiger partial charge in [-0.25, -0.2) is 0 Å². The normalized spacial score (nSPS) is 18.5. The van der Waals surface area contributed by atoms with E-state index in [0.717, 1.165) is 11.4 Å². The van der Waals surface area contributed by atoms with E-state index in [1.54, 1.807) is 4.90 Å². The zero-order valence-corrected chi connectivity index (χ0v) is 13.1. The van der Waals surface area contributed by atoms with Crippen molar-refractivity contribution in [3.05, 3.63) is 17.5 Å². The smallest absolute Gasteiger partial charge is 0.305 e. The van der Waals surface area contributed by atoms with Crippen LogP contribution in [0.4, 0.5) is 0 Å². The van der Waals surface area contributed by atoms with Crippen molar-refractivity contribution in [2.45, 2.75) is 45.7 Å². The van der Waals surface area contributed by atoms with Crippen molar-refractivity contribution < 1.29 is 19.4 Å². The third kappa shape index (κ3) is 4.30. The summed E-state index contributed by atoms with van der Waals surface area (Å²) in [5, 5.41) is 13.3. The van der Waals surface area contributed by atoms with Crippen molar-refractivity contribution in [2.75, 3.05) is 19.8 Å². The maximum absolute atomic E-state index is 12.3. The highest BCUT2D eigenvalue weighted by Crippen LogP contribution is 2.13. The quantitative estimate of drug-likeness (QED) is 0.847. The molecule has 122 valence electrons. The molecule has 1 aliphatic rings. The molecule has 7 nitrogen and oxygen atoms in total. The van der Waals surface area contributed by atoms with Gasteiger partial charge >= 0.3 is 5.97 Å². The molecule has 0 saturated carbocycles. The zero-order valence-electron chi connectivity index (χ0n) is 13.1. The molecule has 1 fully saturated rings. The number of ether oxygens (including phenoxy) is 1. The Morgan fingerprint density at radius 2 is 2.23 bits per heavy atom. The molecule has 1 atom stereocenters. The molecule has 0 spiro atoms. The lowest BCUT2D eigenvalue weighted by molar-refractivity contribution is -0.146. The molecule has 1 unspecified atom stereocenters. The summed E-state index contributed by atoms with van der Waals surface area (Å²) in [5.41, 5.74) is 2.05. The van der Waals surface area contributed by atoms with Crippen molar-refractivity contribution in [3.8, 4) is 0 Å². The molecule has 2 rings (SSSR count). The van der Waals surface area contributed by atoms with E-state index in [4.69, 9.17) is 9.84 Å². The molecule has 0 aromatic carbocycles. The number of nitrogens with zero attached hydrogens (tertiary/aromatic N) is 3. The van der Waals surface area contributed by atoms with E-state index in [2.05, 4.69) is 5.10 Å². The Morgan fingerprint density at radius 1 is 1.45 bits per heavy atom. The van der Waals surface area contributed by atoms with E-state index >= 15 is 0 Å². The van der Waals surface area contributed by atoms with E-state index in [1.807, 2.05) is 24.6 Å². The van der Waals surface area contributed by atoms with Crippen molar-refractivity contribution >= 4 is 11.9 Å². The molecular weight excluding hydrogens is 286 g/mol. The number of carbonyl (C=O) groups is 2. The van der Waals surface area contributed by atoms with E-state index in [0.29, 0.717) is 39.1 Å². The van der Waals surface area contributed by atoms with Crippen LogP contribution in [-0.4, -0.2) is 57.5 Å². The predicted molar refractivity (Wildman–Crippen MR) is 79.5 cm³/mol. The Labute approximate surface area is 129 Å². The first-order valence-electron chi connectivity index (χ1n) is 7.57. The highest BCUT2D eigenvalue weighted by molar-refractivity contribution is 5.77. The van der Waals surface area contributed by atoms with Crippen LogP contribution >= 0.6 is 0 Å². The second-order valence-corrected chi connectivity index (χ2v) is 5.67. The van der Waals surface area contributed by atoms with Crippen LogP contribution < -0.4 is 0 Å². The van der Waals surface area contributed by atoms with E-state index in [-0.39, 0.29) is 18.4 Å². The van der Waals surface area contributed by atoms with Crippen LogP contribution in [0.2, 0.25) is 0 Å². The van der Waals surface area contributed by atoms with Crippen LogP contribution in [-0.2, 0) is 20.9 Å². The molecule has 22 heavy (non-hydrogen) atoms. The summed E-state index contributed by atoms with van der Waals surface area (Å²) < 4.78 is 7.18. The van der Waals surface area contributed by atoms with Gasteiger partial charge in [0.1, 0.15) is 0 Å². The van der Waals surface area contributed by atoms with E-state index < -0.39 is 5.97 Å². The van der Waals surface area contributed by atoms with Crippen molar-refractivity contribution in [1.29, 1.82) is 0 Å². The molecule has 1 N–H and O–H groups in total. The highest BCUT2D eigenvalue weighted by atomic mass is 16.5. The molecule has 1 amide bonds. The molecule has 0 bridgehead atoms. The van der Waals surface area contributed by atoms with Crippen molar-refractivity contribution in [2.24, 2.45) is 0 Å². The molecule has 2 heterocycles. The minimum absolute atomic E-state index is 0.00363. The van der Waals surface area contributed by atoms with Crippen molar-refractivity contribution in [3.63, 3.8) is 0 Å². The SMILES string of the molecule is Cc1cc(C)n(CCCC(=O)N2CCOCC2CC(=O)O)n1. The lowest BCUT2D eigenvalue weighted by Crippen LogP contribution is -2.49. The van der Waals surface area contributed by atoms with Crippen LogP contribution in [0.15, 0.2) is 6.07 Å². The zero-order chi connectivity index (χ0) is 16.1. The fourth-order valence-electron chi connectivity index (χ4n) is 2.78. The van der Waals surface area contributed by atoms with Gasteiger partial charge in [0.25, 0.3) is 0 Å². The summed E-state index contributed by atoms with van der Waals surface area (Å²) in [7, 11) is 0. The van der Waals surface area contributed by atoms with Crippen LogP contribution in [0, 0.1) is 13.8 Å². The van der Waals surface area contributed by atoms with Crippen LogP contribution in [0.25, 0.3) is 0 Å². The van der Waals surface area contributed by atoms with Crippen LogP contribution in [0.5, 0.6) is 0 Å². The molecule has 1 aromatic heterocycles. The second-order valence-electron chi connectivity index (χ2n) is 5.67. The van der Waals surface area contributed by atoms with Gasteiger partial charge in [-0.2, -0.15) is 5.10 Å². The minimum atomic E-state index is -0.907. The molecular formula is C15H23N3O4. The first-order chi connectivity index (χ1) is 10.5. The third-order valence-electron chi connectivity index (χ3n) is 3.82. The number of hydrogen-bond donors (Lipinski definition) is 1. The van der Waals surface area contributed by atoms with E-state index in [1.165, 1.54) is 0 Å². The van der Waals surface area contributed by atoms with Gasteiger partial charge in [-0.3, -0.25) is 14.3 Å². The summed E-state index contributed by atoms with van der Waals surface area (Å²) in [4.78, 5) is 24.8. The van der Waals surface area contributed by atoms with Crippen LogP contribution in [0.1, 0.15) is 30.7 Å². The summed E-state index contributed by atoms with van der Waals surface area (Å²) in [6.07, 6.45) is 1.02. The largest absolute Gasteiger partial charge is 0.481 e. The molecule has 1 aliphatic heterocycles.